The molecule has 4 rings (SSSR count). The Morgan fingerprint density at radius 1 is 1.21 bits per heavy atom. The topological polar surface area (TPSA) is 96.6 Å². The van der Waals surface area contributed by atoms with Gasteiger partial charge in [-0.2, -0.15) is 4.52 Å². The van der Waals surface area contributed by atoms with Crippen LogP contribution in [0.4, 0.5) is 11.5 Å². The molecular weight excluding hydrogens is 356 g/mol. The molecule has 0 spiro atoms. The second kappa shape index (κ2) is 8.02. The molecule has 148 valence electrons. The Hall–Kier alpha value is -2.87. The Labute approximate surface area is 163 Å². The highest BCUT2D eigenvalue weighted by molar-refractivity contribution is 5.70. The fourth-order valence-corrected chi connectivity index (χ4v) is 3.36. The van der Waals surface area contributed by atoms with Gasteiger partial charge in [0.25, 0.3) is 0 Å². The maximum absolute atomic E-state index is 10.0. The first-order valence-electron chi connectivity index (χ1n) is 9.73. The highest BCUT2D eigenvalue weighted by Crippen LogP contribution is 2.25. The molecule has 3 N–H and O–H groups in total. The van der Waals surface area contributed by atoms with E-state index in [4.69, 9.17) is 9.84 Å². The van der Waals surface area contributed by atoms with Crippen molar-refractivity contribution in [1.82, 2.24) is 19.8 Å². The average Bonchev–Trinajstić information content (AvgIpc) is 3.12. The maximum atomic E-state index is 10.0. The molecule has 0 bridgehead atoms. The summed E-state index contributed by atoms with van der Waals surface area (Å²) in [6.07, 6.45) is 1.92. The van der Waals surface area contributed by atoms with Crippen molar-refractivity contribution in [2.24, 2.45) is 0 Å². The van der Waals surface area contributed by atoms with E-state index in [0.717, 1.165) is 48.9 Å². The van der Waals surface area contributed by atoms with Crippen LogP contribution in [0, 0.1) is 0 Å². The number of phenols is 1. The Morgan fingerprint density at radius 2 is 2.00 bits per heavy atom. The SMILES string of the molecule is CC(C)c1nnc2c(NCc3ccccc3O)cc(NC3CCOCC3)nn12. The Bertz CT molecular complexity index is 949. The second-order valence-corrected chi connectivity index (χ2v) is 7.40. The number of rotatable bonds is 6. The van der Waals surface area contributed by atoms with Gasteiger partial charge in [-0.1, -0.05) is 32.0 Å². The molecule has 3 aromatic rings. The monoisotopic (exact) mass is 382 g/mol. The first-order valence-corrected chi connectivity index (χ1v) is 9.73. The van der Waals surface area contributed by atoms with Gasteiger partial charge in [0, 0.05) is 43.3 Å². The van der Waals surface area contributed by atoms with Crippen molar-refractivity contribution >= 4 is 17.2 Å². The van der Waals surface area contributed by atoms with Crippen LogP contribution in [0.5, 0.6) is 5.75 Å². The fourth-order valence-electron chi connectivity index (χ4n) is 3.36. The van der Waals surface area contributed by atoms with E-state index in [9.17, 15) is 5.11 Å². The van der Waals surface area contributed by atoms with E-state index in [1.165, 1.54) is 0 Å². The lowest BCUT2D eigenvalue weighted by molar-refractivity contribution is 0.0903. The molecule has 1 fully saturated rings. The zero-order chi connectivity index (χ0) is 19.5. The molecule has 1 saturated heterocycles. The van der Waals surface area contributed by atoms with E-state index in [-0.39, 0.29) is 11.7 Å². The van der Waals surface area contributed by atoms with Gasteiger partial charge >= 0.3 is 0 Å². The van der Waals surface area contributed by atoms with Crippen molar-refractivity contribution in [3.63, 3.8) is 0 Å². The Balaban J connectivity index is 1.65. The van der Waals surface area contributed by atoms with Crippen molar-refractivity contribution < 1.29 is 9.84 Å². The third-order valence-corrected chi connectivity index (χ3v) is 4.95. The molecule has 3 heterocycles. The van der Waals surface area contributed by atoms with Crippen LogP contribution >= 0.6 is 0 Å². The molecule has 1 aromatic carbocycles. The maximum Gasteiger partial charge on any atom is 0.201 e. The van der Waals surface area contributed by atoms with Crippen molar-refractivity contribution in [2.75, 3.05) is 23.8 Å². The molecule has 1 aliphatic rings. The largest absolute Gasteiger partial charge is 0.508 e. The van der Waals surface area contributed by atoms with Gasteiger partial charge in [0.15, 0.2) is 5.82 Å². The van der Waals surface area contributed by atoms with Gasteiger partial charge in [0.05, 0.1) is 5.69 Å². The number of hydrogen-bond donors (Lipinski definition) is 3. The number of phenolic OH excluding ortho intramolecular Hbond substituents is 1. The van der Waals surface area contributed by atoms with Gasteiger partial charge in [-0.3, -0.25) is 0 Å². The van der Waals surface area contributed by atoms with Crippen molar-refractivity contribution in [1.29, 1.82) is 0 Å². The van der Waals surface area contributed by atoms with Crippen LogP contribution in [0.2, 0.25) is 0 Å². The van der Waals surface area contributed by atoms with Gasteiger partial charge < -0.3 is 20.5 Å². The molecule has 2 aromatic heterocycles. The normalized spacial score (nSPS) is 15.2. The summed E-state index contributed by atoms with van der Waals surface area (Å²) in [6, 6.07) is 9.60. The molecule has 0 atom stereocenters. The lowest BCUT2D eigenvalue weighted by Crippen LogP contribution is -2.28. The summed E-state index contributed by atoms with van der Waals surface area (Å²) in [5.74, 6) is 2.06. The van der Waals surface area contributed by atoms with Gasteiger partial charge in [0.2, 0.25) is 5.65 Å². The first kappa shape index (κ1) is 18.5. The smallest absolute Gasteiger partial charge is 0.201 e. The number of benzene rings is 1. The number of aromatic nitrogens is 4. The predicted molar refractivity (Wildman–Crippen MR) is 108 cm³/mol. The first-order chi connectivity index (χ1) is 13.6. The van der Waals surface area contributed by atoms with Crippen LogP contribution in [0.3, 0.4) is 0 Å². The molecule has 0 saturated carbocycles. The van der Waals surface area contributed by atoms with Gasteiger partial charge in [0.1, 0.15) is 11.6 Å². The molecule has 1 aliphatic heterocycles. The van der Waals surface area contributed by atoms with Crippen LogP contribution < -0.4 is 10.6 Å². The molecule has 8 nitrogen and oxygen atoms in total. The molecule has 0 unspecified atom stereocenters. The molecule has 0 aliphatic carbocycles. The van der Waals surface area contributed by atoms with E-state index in [1.807, 2.05) is 24.3 Å². The summed E-state index contributed by atoms with van der Waals surface area (Å²) in [7, 11) is 0. The van der Waals surface area contributed by atoms with Crippen molar-refractivity contribution in [2.45, 2.75) is 45.2 Å². The van der Waals surface area contributed by atoms with E-state index < -0.39 is 0 Å². The minimum absolute atomic E-state index is 0.201. The van der Waals surface area contributed by atoms with Crippen LogP contribution in [-0.2, 0) is 11.3 Å². The number of hydrogen-bond acceptors (Lipinski definition) is 7. The van der Waals surface area contributed by atoms with E-state index >= 15 is 0 Å². The molecular formula is C20H26N6O2. The van der Waals surface area contributed by atoms with E-state index in [0.29, 0.717) is 18.2 Å². The number of nitrogens with zero attached hydrogens (tertiary/aromatic N) is 4. The average molecular weight is 382 g/mol. The summed E-state index contributed by atoms with van der Waals surface area (Å²) >= 11 is 0. The van der Waals surface area contributed by atoms with Gasteiger partial charge in [-0.05, 0) is 18.9 Å². The van der Waals surface area contributed by atoms with Crippen LogP contribution in [-0.4, -0.2) is 44.2 Å². The number of nitrogens with one attached hydrogen (secondary N) is 2. The fraction of sp³-hybridized carbons (Fsp3) is 0.450. The standard InChI is InChI=1S/C20H26N6O2/c1-13(2)19-23-24-20-16(21-12-14-5-3-4-6-17(14)27)11-18(25-26(19)20)22-15-7-9-28-10-8-15/h3-6,11,13,15,21,27H,7-10,12H2,1-2H3,(H,22,25). The summed E-state index contributed by atoms with van der Waals surface area (Å²) < 4.78 is 7.25. The molecule has 0 amide bonds. The number of aromatic hydroxyl groups is 1. The third kappa shape index (κ3) is 3.87. The zero-order valence-electron chi connectivity index (χ0n) is 16.2. The summed E-state index contributed by atoms with van der Waals surface area (Å²) in [6.45, 7) is 6.16. The zero-order valence-corrected chi connectivity index (χ0v) is 16.2. The third-order valence-electron chi connectivity index (χ3n) is 4.95. The second-order valence-electron chi connectivity index (χ2n) is 7.40. The number of para-hydroxylation sites is 1. The Kier molecular flexibility index (Phi) is 5.29. The summed E-state index contributed by atoms with van der Waals surface area (Å²) in [5.41, 5.74) is 2.32. The van der Waals surface area contributed by atoms with Gasteiger partial charge in [-0.15, -0.1) is 15.3 Å². The van der Waals surface area contributed by atoms with Gasteiger partial charge in [-0.25, -0.2) is 0 Å². The quantitative estimate of drug-likeness (QED) is 0.602. The summed E-state index contributed by atoms with van der Waals surface area (Å²) in [5, 5.41) is 30.4. The molecule has 8 heteroatoms. The highest BCUT2D eigenvalue weighted by atomic mass is 16.5. The molecule has 28 heavy (non-hydrogen) atoms. The van der Waals surface area contributed by atoms with Crippen LogP contribution in [0.1, 0.15) is 44.0 Å². The van der Waals surface area contributed by atoms with Crippen molar-refractivity contribution in [3.8, 4) is 5.75 Å². The van der Waals surface area contributed by atoms with Crippen LogP contribution in [0.25, 0.3) is 5.65 Å². The number of fused-ring (bicyclic) bond motifs is 1. The van der Waals surface area contributed by atoms with E-state index in [1.54, 1.807) is 10.6 Å². The highest BCUT2D eigenvalue weighted by Gasteiger charge is 2.18. The minimum atomic E-state index is 0.201. The van der Waals surface area contributed by atoms with Crippen LogP contribution in [0.15, 0.2) is 30.3 Å². The Morgan fingerprint density at radius 3 is 2.75 bits per heavy atom. The van der Waals surface area contributed by atoms with E-state index in [2.05, 4.69) is 34.7 Å². The molecule has 0 radical (unpaired) electrons. The number of anilines is 2. The predicted octanol–water partition coefficient (Wildman–Crippen LogP) is 3.16. The summed E-state index contributed by atoms with van der Waals surface area (Å²) in [4.78, 5) is 0. The minimum Gasteiger partial charge on any atom is -0.508 e. The number of ether oxygens (including phenoxy) is 1. The lowest BCUT2D eigenvalue weighted by Gasteiger charge is -2.24. The van der Waals surface area contributed by atoms with Crippen molar-refractivity contribution in [3.05, 3.63) is 41.7 Å². The lowest BCUT2D eigenvalue weighted by atomic mass is 10.1.